The van der Waals surface area contributed by atoms with Crippen molar-refractivity contribution < 1.29 is 14.3 Å². The molecule has 2 aliphatic heterocycles. The maximum Gasteiger partial charge on any atom is 0.220 e. The minimum Gasteiger partial charge on any atom is -0.355 e. The molecule has 2 aromatic rings. The van der Waals surface area contributed by atoms with Gasteiger partial charge in [0, 0.05) is 44.8 Å². The topological polar surface area (TPSA) is 93.9 Å². The Hall–Kier alpha value is -2.26. The van der Waals surface area contributed by atoms with Crippen LogP contribution in [-0.2, 0) is 20.7 Å². The van der Waals surface area contributed by atoms with Gasteiger partial charge in [-0.2, -0.15) is 4.52 Å². The molecule has 2 aliphatic rings. The molecule has 4 rings (SSSR count). The lowest BCUT2D eigenvalue weighted by Crippen LogP contribution is -2.45. The van der Waals surface area contributed by atoms with Gasteiger partial charge in [-0.1, -0.05) is 0 Å². The number of aryl methyl sites for hydroxylation is 1. The van der Waals surface area contributed by atoms with Crippen LogP contribution < -0.4 is 10.2 Å². The van der Waals surface area contributed by atoms with Crippen molar-refractivity contribution in [2.24, 2.45) is 0 Å². The van der Waals surface area contributed by atoms with E-state index in [9.17, 15) is 4.79 Å². The smallest absolute Gasteiger partial charge is 0.220 e. The zero-order valence-corrected chi connectivity index (χ0v) is 15.8. The van der Waals surface area contributed by atoms with Gasteiger partial charge in [-0.25, -0.2) is 0 Å². The van der Waals surface area contributed by atoms with Gasteiger partial charge in [0.2, 0.25) is 5.91 Å². The lowest BCUT2D eigenvalue weighted by atomic mass is 10.0. The molecule has 1 amide bonds. The number of hydrogen-bond acceptors (Lipinski definition) is 7. The van der Waals surface area contributed by atoms with Crippen LogP contribution in [0.15, 0.2) is 12.1 Å². The van der Waals surface area contributed by atoms with Gasteiger partial charge in [-0.15, -0.1) is 15.3 Å². The number of carbonyl (C=O) groups is 1. The average Bonchev–Trinajstić information content (AvgIpc) is 3.27. The van der Waals surface area contributed by atoms with Crippen molar-refractivity contribution in [3.05, 3.63) is 18.0 Å². The highest BCUT2D eigenvalue weighted by atomic mass is 16.7. The molecular weight excluding hydrogens is 348 g/mol. The highest BCUT2D eigenvalue weighted by Crippen LogP contribution is 2.32. The molecule has 0 aromatic carbocycles. The second kappa shape index (κ2) is 7.40. The maximum atomic E-state index is 11.9. The molecule has 9 nitrogen and oxygen atoms in total. The normalized spacial score (nSPS) is 19.3. The van der Waals surface area contributed by atoms with Crippen LogP contribution in [0.4, 0.5) is 5.82 Å². The van der Waals surface area contributed by atoms with Crippen LogP contribution in [0.5, 0.6) is 0 Å². The summed E-state index contributed by atoms with van der Waals surface area (Å²) in [6.07, 6.45) is 2.53. The predicted octanol–water partition coefficient (Wildman–Crippen LogP) is 0.925. The molecule has 0 saturated carbocycles. The van der Waals surface area contributed by atoms with Crippen LogP contribution in [0.1, 0.15) is 38.9 Å². The van der Waals surface area contributed by atoms with Crippen LogP contribution in [0.3, 0.4) is 0 Å². The lowest BCUT2D eigenvalue weighted by molar-refractivity contribution is -0.169. The fourth-order valence-corrected chi connectivity index (χ4v) is 3.63. The highest BCUT2D eigenvalue weighted by Gasteiger charge is 2.40. The standard InChI is InChI=1S/C18H26N6O3/c1-13(2)19-17(25)6-5-15-21-20-14-3-4-16(22-24(14)15)23-9-7-18(8-10-23)26-11-12-27-18/h3-4,13H,5-12H2,1-2H3,(H,19,25). The molecule has 2 fully saturated rings. The summed E-state index contributed by atoms with van der Waals surface area (Å²) in [6.45, 7) is 6.90. The zero-order chi connectivity index (χ0) is 18.9. The van der Waals surface area contributed by atoms with Crippen molar-refractivity contribution in [2.75, 3.05) is 31.2 Å². The van der Waals surface area contributed by atoms with Crippen LogP contribution in [0.2, 0.25) is 0 Å². The number of hydrogen-bond donors (Lipinski definition) is 1. The number of aromatic nitrogens is 4. The molecule has 2 saturated heterocycles. The van der Waals surface area contributed by atoms with Gasteiger partial charge in [0.05, 0.1) is 13.2 Å². The Kier molecular flexibility index (Phi) is 4.96. The Balaban J connectivity index is 1.45. The van der Waals surface area contributed by atoms with E-state index in [1.165, 1.54) is 0 Å². The summed E-state index contributed by atoms with van der Waals surface area (Å²) >= 11 is 0. The third-order valence-corrected chi connectivity index (χ3v) is 5.00. The Bertz CT molecular complexity index is 805. The van der Waals surface area contributed by atoms with Crippen LogP contribution >= 0.6 is 0 Å². The summed E-state index contributed by atoms with van der Waals surface area (Å²) in [6, 6.07) is 4.01. The molecule has 4 heterocycles. The van der Waals surface area contributed by atoms with E-state index in [4.69, 9.17) is 14.6 Å². The number of piperidine rings is 1. The van der Waals surface area contributed by atoms with Crippen molar-refractivity contribution in [3.8, 4) is 0 Å². The number of ether oxygens (including phenoxy) is 2. The molecule has 0 aliphatic carbocycles. The molecule has 0 bridgehead atoms. The number of rotatable bonds is 5. The molecule has 1 spiro atoms. The SMILES string of the molecule is CC(C)NC(=O)CCc1nnc2ccc(N3CCC4(CC3)OCCO4)nn12. The van der Waals surface area contributed by atoms with Gasteiger partial charge in [0.1, 0.15) is 5.82 Å². The van der Waals surface area contributed by atoms with E-state index in [-0.39, 0.29) is 11.9 Å². The molecule has 1 N–H and O–H groups in total. The summed E-state index contributed by atoms with van der Waals surface area (Å²) in [4.78, 5) is 14.1. The van der Waals surface area contributed by atoms with E-state index in [0.717, 1.165) is 31.7 Å². The first-order valence-corrected chi connectivity index (χ1v) is 9.58. The third-order valence-electron chi connectivity index (χ3n) is 5.00. The second-order valence-corrected chi connectivity index (χ2v) is 7.39. The fourth-order valence-electron chi connectivity index (χ4n) is 3.63. The van der Waals surface area contributed by atoms with Gasteiger partial charge < -0.3 is 19.7 Å². The molecule has 27 heavy (non-hydrogen) atoms. The van der Waals surface area contributed by atoms with E-state index in [0.29, 0.717) is 37.5 Å². The first-order chi connectivity index (χ1) is 13.0. The van der Waals surface area contributed by atoms with E-state index in [1.54, 1.807) is 4.52 Å². The summed E-state index contributed by atoms with van der Waals surface area (Å²) in [7, 11) is 0. The number of nitrogens with zero attached hydrogens (tertiary/aromatic N) is 5. The quantitative estimate of drug-likeness (QED) is 0.832. The number of carbonyl (C=O) groups excluding carboxylic acids is 1. The predicted molar refractivity (Wildman–Crippen MR) is 98.5 cm³/mol. The highest BCUT2D eigenvalue weighted by molar-refractivity contribution is 5.76. The van der Waals surface area contributed by atoms with Gasteiger partial charge >= 0.3 is 0 Å². The number of amides is 1. The van der Waals surface area contributed by atoms with Gasteiger partial charge in [0.25, 0.3) is 0 Å². The third kappa shape index (κ3) is 3.89. The number of nitrogens with one attached hydrogen (secondary N) is 1. The molecule has 0 unspecified atom stereocenters. The minimum atomic E-state index is -0.397. The summed E-state index contributed by atoms with van der Waals surface area (Å²) < 4.78 is 13.3. The Morgan fingerprint density at radius 2 is 1.96 bits per heavy atom. The van der Waals surface area contributed by atoms with Gasteiger partial charge in [-0.3, -0.25) is 4.79 Å². The molecule has 2 aromatic heterocycles. The van der Waals surface area contributed by atoms with Crippen molar-refractivity contribution in [2.45, 2.75) is 51.4 Å². The van der Waals surface area contributed by atoms with E-state index in [2.05, 4.69) is 20.4 Å². The molecule has 146 valence electrons. The number of anilines is 1. The monoisotopic (exact) mass is 374 g/mol. The molecule has 0 atom stereocenters. The van der Waals surface area contributed by atoms with Crippen molar-refractivity contribution >= 4 is 17.4 Å². The Labute approximate surface area is 158 Å². The first kappa shape index (κ1) is 18.1. The van der Waals surface area contributed by atoms with Gasteiger partial charge in [0.15, 0.2) is 17.3 Å². The number of fused-ring (bicyclic) bond motifs is 1. The van der Waals surface area contributed by atoms with E-state index < -0.39 is 5.79 Å². The van der Waals surface area contributed by atoms with Gasteiger partial charge in [-0.05, 0) is 26.0 Å². The van der Waals surface area contributed by atoms with E-state index in [1.807, 2.05) is 26.0 Å². The van der Waals surface area contributed by atoms with E-state index >= 15 is 0 Å². The second-order valence-electron chi connectivity index (χ2n) is 7.39. The molecular formula is C18H26N6O3. The lowest BCUT2D eigenvalue weighted by Gasteiger charge is -2.38. The van der Waals surface area contributed by atoms with Crippen LogP contribution in [0.25, 0.3) is 5.65 Å². The van der Waals surface area contributed by atoms with Crippen molar-refractivity contribution in [3.63, 3.8) is 0 Å². The maximum absolute atomic E-state index is 11.9. The molecule has 0 radical (unpaired) electrons. The van der Waals surface area contributed by atoms with Crippen LogP contribution in [0, 0.1) is 0 Å². The minimum absolute atomic E-state index is 0.01000. The average molecular weight is 374 g/mol. The summed E-state index contributed by atoms with van der Waals surface area (Å²) in [5.41, 5.74) is 0.689. The van der Waals surface area contributed by atoms with Crippen molar-refractivity contribution in [1.29, 1.82) is 0 Å². The fraction of sp³-hybridized carbons (Fsp3) is 0.667. The summed E-state index contributed by atoms with van der Waals surface area (Å²) in [5.74, 6) is 1.19. The van der Waals surface area contributed by atoms with Crippen molar-refractivity contribution in [1.82, 2.24) is 25.1 Å². The summed E-state index contributed by atoms with van der Waals surface area (Å²) in [5, 5.41) is 16.0. The Morgan fingerprint density at radius 1 is 1.22 bits per heavy atom. The largest absolute Gasteiger partial charge is 0.355 e. The molecule has 9 heteroatoms. The zero-order valence-electron chi connectivity index (χ0n) is 15.8. The first-order valence-electron chi connectivity index (χ1n) is 9.58. The Morgan fingerprint density at radius 3 is 2.67 bits per heavy atom. The van der Waals surface area contributed by atoms with Crippen LogP contribution in [-0.4, -0.2) is 63.9 Å².